The van der Waals surface area contributed by atoms with E-state index >= 15 is 0 Å². The quantitative estimate of drug-likeness (QED) is 0.681. The molecule has 1 amide bonds. The maximum atomic E-state index is 12.5. The molecule has 2 aromatic rings. The van der Waals surface area contributed by atoms with Crippen LogP contribution in [0.5, 0.6) is 0 Å². The number of carbonyl (C=O) groups is 1. The minimum Gasteiger partial charge on any atom is -0.372 e. The van der Waals surface area contributed by atoms with Crippen molar-refractivity contribution in [2.24, 2.45) is 7.05 Å². The molecule has 1 fully saturated rings. The summed E-state index contributed by atoms with van der Waals surface area (Å²) in [6.07, 6.45) is 2.22. The third-order valence-corrected chi connectivity index (χ3v) is 6.26. The Balaban J connectivity index is 1.72. The number of hydrogen-bond acceptors (Lipinski definition) is 5. The highest BCUT2D eigenvalue weighted by Gasteiger charge is 2.25. The van der Waals surface area contributed by atoms with Crippen LogP contribution >= 0.6 is 11.8 Å². The van der Waals surface area contributed by atoms with Crippen molar-refractivity contribution in [3.8, 4) is 11.4 Å². The van der Waals surface area contributed by atoms with E-state index in [0.29, 0.717) is 0 Å². The van der Waals surface area contributed by atoms with Crippen LogP contribution < -0.4 is 4.90 Å². The van der Waals surface area contributed by atoms with E-state index in [1.54, 1.807) is 0 Å². The largest absolute Gasteiger partial charge is 0.372 e. The number of rotatable bonds is 7. The molecule has 1 aromatic carbocycles. The minimum atomic E-state index is -0.149. The van der Waals surface area contributed by atoms with Gasteiger partial charge in [-0.3, -0.25) is 4.79 Å². The number of likely N-dealkylation sites (tertiary alicyclic amines) is 1. The number of carbonyl (C=O) groups excluding carboxylic acids is 1. The van der Waals surface area contributed by atoms with Crippen molar-refractivity contribution in [1.82, 2.24) is 19.7 Å². The predicted molar refractivity (Wildman–Crippen MR) is 111 cm³/mol. The zero-order valence-corrected chi connectivity index (χ0v) is 17.5. The molecule has 0 bridgehead atoms. The van der Waals surface area contributed by atoms with Crippen molar-refractivity contribution in [3.63, 3.8) is 0 Å². The minimum absolute atomic E-state index is 0.149. The fraction of sp³-hybridized carbons (Fsp3) is 0.550. The lowest BCUT2D eigenvalue weighted by Gasteiger charge is -2.21. The molecule has 7 heteroatoms. The molecule has 0 aliphatic carbocycles. The maximum Gasteiger partial charge on any atom is 0.235 e. The van der Waals surface area contributed by atoms with Crippen molar-refractivity contribution in [1.29, 1.82) is 0 Å². The number of anilines is 1. The molecule has 1 unspecified atom stereocenters. The monoisotopic (exact) mass is 387 g/mol. The second-order valence-corrected chi connectivity index (χ2v) is 8.18. The third-order valence-electron chi connectivity index (χ3n) is 5.14. The van der Waals surface area contributed by atoms with Crippen LogP contribution in [-0.4, -0.2) is 57.0 Å². The number of aromatic nitrogens is 3. The van der Waals surface area contributed by atoms with Crippen molar-refractivity contribution in [2.75, 3.05) is 31.1 Å². The summed E-state index contributed by atoms with van der Waals surface area (Å²) in [5.41, 5.74) is 2.25. The number of nitrogens with zero attached hydrogens (tertiary/aromatic N) is 5. The van der Waals surface area contributed by atoms with Gasteiger partial charge in [-0.15, -0.1) is 10.2 Å². The lowest BCUT2D eigenvalue weighted by Crippen LogP contribution is -2.34. The third kappa shape index (κ3) is 4.29. The first-order valence-corrected chi connectivity index (χ1v) is 10.6. The summed E-state index contributed by atoms with van der Waals surface area (Å²) in [7, 11) is 1.96. The van der Waals surface area contributed by atoms with Gasteiger partial charge in [0.25, 0.3) is 0 Å². The second kappa shape index (κ2) is 8.78. The molecule has 0 N–H and O–H groups in total. The Morgan fingerprint density at radius 1 is 1.15 bits per heavy atom. The highest BCUT2D eigenvalue weighted by molar-refractivity contribution is 8.00. The molecule has 2 heterocycles. The number of benzene rings is 1. The van der Waals surface area contributed by atoms with Gasteiger partial charge in [-0.1, -0.05) is 11.8 Å². The van der Waals surface area contributed by atoms with E-state index in [9.17, 15) is 4.79 Å². The van der Waals surface area contributed by atoms with E-state index in [2.05, 4.69) is 53.2 Å². The Kier molecular flexibility index (Phi) is 6.42. The van der Waals surface area contributed by atoms with E-state index in [0.717, 1.165) is 55.6 Å². The van der Waals surface area contributed by atoms with Gasteiger partial charge in [-0.05, 0) is 57.9 Å². The molecule has 1 atom stereocenters. The summed E-state index contributed by atoms with van der Waals surface area (Å²) in [6, 6.07) is 8.43. The van der Waals surface area contributed by atoms with Crippen LogP contribution in [0, 0.1) is 0 Å². The summed E-state index contributed by atoms with van der Waals surface area (Å²) in [4.78, 5) is 16.8. The molecular weight excluding hydrogens is 358 g/mol. The van der Waals surface area contributed by atoms with Crippen LogP contribution in [0.25, 0.3) is 11.4 Å². The van der Waals surface area contributed by atoms with E-state index in [-0.39, 0.29) is 11.2 Å². The molecule has 27 heavy (non-hydrogen) atoms. The van der Waals surface area contributed by atoms with Gasteiger partial charge in [0.05, 0.1) is 5.25 Å². The van der Waals surface area contributed by atoms with Crippen molar-refractivity contribution in [3.05, 3.63) is 24.3 Å². The molecular formula is C20H29N5OS. The van der Waals surface area contributed by atoms with Crippen LogP contribution in [0.4, 0.5) is 5.69 Å². The van der Waals surface area contributed by atoms with E-state index in [1.807, 2.05) is 23.4 Å². The van der Waals surface area contributed by atoms with Gasteiger partial charge < -0.3 is 14.4 Å². The summed E-state index contributed by atoms with van der Waals surface area (Å²) >= 11 is 1.49. The van der Waals surface area contributed by atoms with E-state index < -0.39 is 0 Å². The molecule has 3 rings (SSSR count). The molecule has 146 valence electrons. The SMILES string of the molecule is CCN(CC)c1ccc(-c2nnc(SC(C)C(=O)N3CCCC3)n2C)cc1. The predicted octanol–water partition coefficient (Wildman–Crippen LogP) is 3.43. The lowest BCUT2D eigenvalue weighted by molar-refractivity contribution is -0.129. The zero-order valence-electron chi connectivity index (χ0n) is 16.7. The molecule has 1 saturated heterocycles. The van der Waals surface area contributed by atoms with Crippen LogP contribution in [0.1, 0.15) is 33.6 Å². The highest BCUT2D eigenvalue weighted by Crippen LogP contribution is 2.28. The first-order valence-electron chi connectivity index (χ1n) is 9.75. The average Bonchev–Trinajstić information content (AvgIpc) is 3.34. The molecule has 1 aliphatic heterocycles. The normalized spacial score (nSPS) is 15.2. The Bertz CT molecular complexity index is 763. The fourth-order valence-corrected chi connectivity index (χ4v) is 4.38. The Morgan fingerprint density at radius 2 is 1.78 bits per heavy atom. The molecule has 1 aromatic heterocycles. The lowest BCUT2D eigenvalue weighted by atomic mass is 10.2. The first kappa shape index (κ1) is 19.7. The van der Waals surface area contributed by atoms with Gasteiger partial charge >= 0.3 is 0 Å². The standard InChI is InChI=1S/C20H29N5OS/c1-5-24(6-2)17-11-9-16(10-12-17)18-21-22-20(23(18)4)27-15(3)19(26)25-13-7-8-14-25/h9-12,15H,5-8,13-14H2,1-4H3. The maximum absolute atomic E-state index is 12.5. The number of amides is 1. The van der Waals surface area contributed by atoms with Crippen LogP contribution in [0.2, 0.25) is 0 Å². The summed E-state index contributed by atoms with van der Waals surface area (Å²) in [5, 5.41) is 9.32. The second-order valence-electron chi connectivity index (χ2n) is 6.88. The fourth-order valence-electron chi connectivity index (χ4n) is 3.48. The molecule has 0 spiro atoms. The van der Waals surface area contributed by atoms with E-state index in [4.69, 9.17) is 0 Å². The van der Waals surface area contributed by atoms with Crippen molar-refractivity contribution in [2.45, 2.75) is 44.0 Å². The van der Waals surface area contributed by atoms with Crippen LogP contribution in [-0.2, 0) is 11.8 Å². The van der Waals surface area contributed by atoms with Gasteiger partial charge in [-0.2, -0.15) is 0 Å². The van der Waals surface area contributed by atoms with E-state index in [1.165, 1.54) is 17.4 Å². The molecule has 1 aliphatic rings. The Hall–Kier alpha value is -2.02. The number of thioether (sulfide) groups is 1. The molecule has 0 saturated carbocycles. The average molecular weight is 388 g/mol. The van der Waals surface area contributed by atoms with Gasteiger partial charge in [0.2, 0.25) is 5.91 Å². The van der Waals surface area contributed by atoms with Gasteiger partial charge in [0, 0.05) is 44.5 Å². The van der Waals surface area contributed by atoms with Crippen LogP contribution in [0.15, 0.2) is 29.4 Å². The van der Waals surface area contributed by atoms with Crippen molar-refractivity contribution >= 4 is 23.4 Å². The summed E-state index contributed by atoms with van der Waals surface area (Å²) in [5.74, 6) is 1.02. The first-order chi connectivity index (χ1) is 13.0. The van der Waals surface area contributed by atoms with Crippen LogP contribution in [0.3, 0.4) is 0 Å². The Labute approximate surface area is 165 Å². The van der Waals surface area contributed by atoms with Gasteiger partial charge in [0.15, 0.2) is 11.0 Å². The topological polar surface area (TPSA) is 54.3 Å². The Morgan fingerprint density at radius 3 is 2.37 bits per heavy atom. The van der Waals surface area contributed by atoms with Crippen molar-refractivity contribution < 1.29 is 4.79 Å². The smallest absolute Gasteiger partial charge is 0.235 e. The van der Waals surface area contributed by atoms with Gasteiger partial charge in [0.1, 0.15) is 0 Å². The molecule has 6 nitrogen and oxygen atoms in total. The molecule has 0 radical (unpaired) electrons. The van der Waals surface area contributed by atoms with Gasteiger partial charge in [-0.25, -0.2) is 0 Å². The highest BCUT2D eigenvalue weighted by atomic mass is 32.2. The summed E-state index contributed by atoms with van der Waals surface area (Å²) < 4.78 is 1.98. The zero-order chi connectivity index (χ0) is 19.4. The summed E-state index contributed by atoms with van der Waals surface area (Å²) in [6.45, 7) is 10.0. The number of hydrogen-bond donors (Lipinski definition) is 0.